The van der Waals surface area contributed by atoms with E-state index in [2.05, 4.69) is 17.6 Å². The molecular formula is C27H28N2O6S. The SMILES string of the molecule is COc1cc(C(=O)Oc2ccccc2[C@H]2NC(=O)c3c(sc4c3CC[C@@H](C)C4)N2)cc(OC)c1OC. The Morgan fingerprint density at radius 2 is 1.72 bits per heavy atom. The van der Waals surface area contributed by atoms with E-state index in [-0.39, 0.29) is 11.5 Å². The lowest BCUT2D eigenvalue weighted by Crippen LogP contribution is -2.38. The van der Waals surface area contributed by atoms with Gasteiger partial charge in [0.05, 0.1) is 32.5 Å². The van der Waals surface area contributed by atoms with Crippen molar-refractivity contribution < 1.29 is 28.5 Å². The molecule has 1 aliphatic heterocycles. The average molecular weight is 509 g/mol. The van der Waals surface area contributed by atoms with Crippen molar-refractivity contribution in [2.24, 2.45) is 5.92 Å². The number of hydrogen-bond donors (Lipinski definition) is 2. The second-order valence-electron chi connectivity index (χ2n) is 8.95. The number of thiophene rings is 1. The van der Waals surface area contributed by atoms with Crippen molar-refractivity contribution in [3.05, 3.63) is 63.5 Å². The standard InChI is InChI=1S/C27H28N2O6S/c1-14-9-10-17-21(11-14)36-26-22(17)25(30)28-24(29-26)16-7-5-6-8-18(16)35-27(31)15-12-19(32-2)23(34-4)20(13-15)33-3/h5-8,12-14,24,29H,9-11H2,1-4H3,(H,28,30)/t14-,24+/m1/s1. The van der Waals surface area contributed by atoms with Gasteiger partial charge in [-0.3, -0.25) is 4.79 Å². The Morgan fingerprint density at radius 3 is 2.42 bits per heavy atom. The molecule has 0 saturated heterocycles. The summed E-state index contributed by atoms with van der Waals surface area (Å²) in [5.74, 6) is 1.34. The van der Waals surface area contributed by atoms with Gasteiger partial charge < -0.3 is 29.6 Å². The van der Waals surface area contributed by atoms with Crippen molar-refractivity contribution >= 4 is 28.2 Å². The molecular weight excluding hydrogens is 480 g/mol. The van der Waals surface area contributed by atoms with E-state index >= 15 is 0 Å². The van der Waals surface area contributed by atoms with E-state index in [1.54, 1.807) is 23.5 Å². The number of nitrogens with one attached hydrogen (secondary N) is 2. The highest BCUT2D eigenvalue weighted by atomic mass is 32.1. The van der Waals surface area contributed by atoms with Gasteiger partial charge in [-0.1, -0.05) is 25.1 Å². The zero-order chi connectivity index (χ0) is 25.4. The topological polar surface area (TPSA) is 95.1 Å². The van der Waals surface area contributed by atoms with Gasteiger partial charge in [0.25, 0.3) is 5.91 Å². The smallest absolute Gasteiger partial charge is 0.343 e. The minimum absolute atomic E-state index is 0.105. The molecule has 0 spiro atoms. The summed E-state index contributed by atoms with van der Waals surface area (Å²) in [7, 11) is 4.46. The largest absolute Gasteiger partial charge is 0.493 e. The van der Waals surface area contributed by atoms with Gasteiger partial charge in [0.1, 0.15) is 16.9 Å². The number of carbonyl (C=O) groups excluding carboxylic acids is 2. The molecule has 1 aromatic heterocycles. The van der Waals surface area contributed by atoms with Crippen molar-refractivity contribution in [2.45, 2.75) is 32.4 Å². The van der Waals surface area contributed by atoms with Gasteiger partial charge in [-0.2, -0.15) is 0 Å². The van der Waals surface area contributed by atoms with Crippen LogP contribution in [-0.4, -0.2) is 33.2 Å². The van der Waals surface area contributed by atoms with Crippen LogP contribution in [0.1, 0.15) is 56.2 Å². The van der Waals surface area contributed by atoms with Crippen LogP contribution in [0.4, 0.5) is 5.00 Å². The maximum atomic E-state index is 13.1. The van der Waals surface area contributed by atoms with Gasteiger partial charge in [0, 0.05) is 10.4 Å². The van der Waals surface area contributed by atoms with E-state index in [1.165, 1.54) is 43.9 Å². The van der Waals surface area contributed by atoms with E-state index in [4.69, 9.17) is 18.9 Å². The second-order valence-corrected chi connectivity index (χ2v) is 10.1. The molecule has 0 unspecified atom stereocenters. The fraction of sp³-hybridized carbons (Fsp3) is 0.333. The Balaban J connectivity index is 1.43. The Kier molecular flexibility index (Phi) is 6.49. The second kappa shape index (κ2) is 9.73. The van der Waals surface area contributed by atoms with Crippen molar-refractivity contribution in [3.63, 3.8) is 0 Å². The Morgan fingerprint density at radius 1 is 1.00 bits per heavy atom. The third-order valence-electron chi connectivity index (χ3n) is 6.62. The van der Waals surface area contributed by atoms with Gasteiger partial charge in [-0.15, -0.1) is 11.3 Å². The van der Waals surface area contributed by atoms with Crippen LogP contribution < -0.4 is 29.6 Å². The van der Waals surface area contributed by atoms with E-state index < -0.39 is 12.1 Å². The fourth-order valence-electron chi connectivity index (χ4n) is 4.79. The lowest BCUT2D eigenvalue weighted by molar-refractivity contribution is 0.0731. The predicted octanol–water partition coefficient (Wildman–Crippen LogP) is 4.97. The molecule has 0 bridgehead atoms. The lowest BCUT2D eigenvalue weighted by Gasteiger charge is -2.28. The molecule has 3 aromatic rings. The van der Waals surface area contributed by atoms with Crippen LogP contribution in [0, 0.1) is 5.92 Å². The van der Waals surface area contributed by atoms with E-state index in [9.17, 15) is 9.59 Å². The Hall–Kier alpha value is -3.72. The molecule has 0 fully saturated rings. The summed E-state index contributed by atoms with van der Waals surface area (Å²) < 4.78 is 21.8. The minimum Gasteiger partial charge on any atom is -0.493 e. The molecule has 2 heterocycles. The molecule has 8 nitrogen and oxygen atoms in total. The van der Waals surface area contributed by atoms with Gasteiger partial charge in [0.15, 0.2) is 11.5 Å². The van der Waals surface area contributed by atoms with E-state index in [1.807, 2.05) is 12.1 Å². The quantitative estimate of drug-likeness (QED) is 0.358. The number of amides is 1. The number of benzene rings is 2. The highest BCUT2D eigenvalue weighted by molar-refractivity contribution is 7.16. The molecule has 188 valence electrons. The van der Waals surface area contributed by atoms with Crippen molar-refractivity contribution in [2.75, 3.05) is 26.6 Å². The summed E-state index contributed by atoms with van der Waals surface area (Å²) in [6.07, 6.45) is 2.47. The monoisotopic (exact) mass is 508 g/mol. The summed E-state index contributed by atoms with van der Waals surface area (Å²) in [4.78, 5) is 27.6. The number of hydrogen-bond acceptors (Lipinski definition) is 8. The van der Waals surface area contributed by atoms with Gasteiger partial charge >= 0.3 is 5.97 Å². The summed E-state index contributed by atoms with van der Waals surface area (Å²) >= 11 is 1.65. The predicted molar refractivity (Wildman–Crippen MR) is 137 cm³/mol. The fourth-order valence-corrected chi connectivity index (χ4v) is 6.22. The summed E-state index contributed by atoms with van der Waals surface area (Å²) in [6.45, 7) is 2.25. The van der Waals surface area contributed by atoms with Crippen molar-refractivity contribution in [3.8, 4) is 23.0 Å². The zero-order valence-electron chi connectivity index (χ0n) is 20.6. The van der Waals surface area contributed by atoms with Gasteiger partial charge in [-0.05, 0) is 48.9 Å². The van der Waals surface area contributed by atoms with Gasteiger partial charge in [-0.25, -0.2) is 4.79 Å². The molecule has 0 saturated carbocycles. The molecule has 9 heteroatoms. The number of rotatable bonds is 6. The maximum Gasteiger partial charge on any atom is 0.343 e. The summed E-state index contributed by atoms with van der Waals surface area (Å²) in [5.41, 5.74) is 2.81. The normalized spacial score (nSPS) is 18.3. The van der Waals surface area contributed by atoms with Crippen LogP contribution >= 0.6 is 11.3 Å². The van der Waals surface area contributed by atoms with Crippen LogP contribution in [0.5, 0.6) is 23.0 Å². The molecule has 2 aliphatic rings. The maximum absolute atomic E-state index is 13.1. The van der Waals surface area contributed by atoms with E-state index in [0.717, 1.165) is 29.8 Å². The number of fused-ring (bicyclic) bond motifs is 3. The number of ether oxygens (including phenoxy) is 4. The average Bonchev–Trinajstić information content (AvgIpc) is 3.25. The first-order valence-corrected chi connectivity index (χ1v) is 12.6. The molecule has 0 radical (unpaired) electrons. The third kappa shape index (κ3) is 4.24. The molecule has 5 rings (SSSR count). The molecule has 2 N–H and O–H groups in total. The first-order valence-electron chi connectivity index (χ1n) is 11.8. The van der Waals surface area contributed by atoms with Crippen LogP contribution in [0.2, 0.25) is 0 Å². The Bertz CT molecular complexity index is 1310. The highest BCUT2D eigenvalue weighted by Crippen LogP contribution is 2.43. The molecule has 2 atom stereocenters. The summed E-state index contributed by atoms with van der Waals surface area (Å²) in [6, 6.07) is 10.2. The van der Waals surface area contributed by atoms with Crippen molar-refractivity contribution in [1.29, 1.82) is 0 Å². The van der Waals surface area contributed by atoms with Crippen LogP contribution in [-0.2, 0) is 12.8 Å². The molecule has 2 aromatic carbocycles. The molecule has 1 aliphatic carbocycles. The number of para-hydroxylation sites is 1. The van der Waals surface area contributed by atoms with Gasteiger partial charge in [0.2, 0.25) is 5.75 Å². The first-order chi connectivity index (χ1) is 17.4. The van der Waals surface area contributed by atoms with Crippen molar-refractivity contribution in [1.82, 2.24) is 5.32 Å². The number of anilines is 1. The number of esters is 1. The first kappa shape index (κ1) is 24.0. The zero-order valence-corrected chi connectivity index (χ0v) is 21.4. The van der Waals surface area contributed by atoms with Crippen LogP contribution in [0.25, 0.3) is 0 Å². The number of methoxy groups -OCH3 is 3. The minimum atomic E-state index is -0.592. The van der Waals surface area contributed by atoms with Crippen LogP contribution in [0.15, 0.2) is 36.4 Å². The highest BCUT2D eigenvalue weighted by Gasteiger charge is 2.34. The Labute approximate surface area is 213 Å². The lowest BCUT2D eigenvalue weighted by atomic mass is 9.88. The number of carbonyl (C=O) groups is 2. The molecule has 1 amide bonds. The third-order valence-corrected chi connectivity index (χ3v) is 7.81. The summed E-state index contributed by atoms with van der Waals surface area (Å²) in [5, 5.41) is 7.38. The molecule has 36 heavy (non-hydrogen) atoms. The van der Waals surface area contributed by atoms with Crippen LogP contribution in [0.3, 0.4) is 0 Å². The van der Waals surface area contributed by atoms with E-state index in [0.29, 0.717) is 34.5 Å².